The van der Waals surface area contributed by atoms with E-state index in [-0.39, 0.29) is 6.10 Å². The van der Waals surface area contributed by atoms with E-state index in [0.29, 0.717) is 19.0 Å². The summed E-state index contributed by atoms with van der Waals surface area (Å²) in [5.74, 6) is 0.354. The first-order chi connectivity index (χ1) is 6.04. The Morgan fingerprint density at radius 2 is 2.38 bits per heavy atom. The quantitative estimate of drug-likeness (QED) is 0.682. The molecule has 78 valence electrons. The van der Waals surface area contributed by atoms with Gasteiger partial charge in [0.1, 0.15) is 15.6 Å². The van der Waals surface area contributed by atoms with E-state index in [2.05, 4.69) is 0 Å². The average Bonchev–Trinajstić information content (AvgIpc) is 2.33. The third-order valence-corrected chi connectivity index (χ3v) is 3.01. The molecule has 3 nitrogen and oxygen atoms in total. The van der Waals surface area contributed by atoms with Gasteiger partial charge in [0.05, 0.1) is 18.5 Å². The van der Waals surface area contributed by atoms with E-state index >= 15 is 0 Å². The van der Waals surface area contributed by atoms with Gasteiger partial charge in [-0.25, -0.2) is 4.21 Å². The Morgan fingerprint density at radius 1 is 1.69 bits per heavy atom. The molecular weight excluding hydrogens is 212 g/mol. The molecule has 0 aromatic carbocycles. The molecule has 0 saturated carbocycles. The third-order valence-electron chi connectivity index (χ3n) is 1.93. The first-order valence-corrected chi connectivity index (χ1v) is 6.49. The minimum absolute atomic E-state index is 0.113. The van der Waals surface area contributed by atoms with E-state index < -0.39 is 15.6 Å². The van der Waals surface area contributed by atoms with Crippen LogP contribution in [-0.2, 0) is 19.5 Å². The number of rotatable bonds is 4. The van der Waals surface area contributed by atoms with Gasteiger partial charge in [-0.1, -0.05) is 0 Å². The van der Waals surface area contributed by atoms with Crippen LogP contribution in [0.2, 0.25) is 0 Å². The summed E-state index contributed by atoms with van der Waals surface area (Å²) < 4.78 is 21.9. The molecule has 2 unspecified atom stereocenters. The van der Waals surface area contributed by atoms with Gasteiger partial charge in [0, 0.05) is 13.0 Å². The maximum absolute atomic E-state index is 10.9. The summed E-state index contributed by atoms with van der Waals surface area (Å²) >= 11 is 0. The van der Waals surface area contributed by atoms with Crippen LogP contribution in [0.4, 0.5) is 0 Å². The van der Waals surface area contributed by atoms with E-state index in [1.54, 1.807) is 0 Å². The largest absolute Gasteiger partial charge is 0.378 e. The van der Waals surface area contributed by atoms with E-state index in [1.165, 1.54) is 0 Å². The van der Waals surface area contributed by atoms with Gasteiger partial charge in [0.2, 0.25) is 0 Å². The highest BCUT2D eigenvalue weighted by molar-refractivity contribution is 8.08. The highest BCUT2D eigenvalue weighted by Gasteiger charge is 2.38. The predicted molar refractivity (Wildman–Crippen MR) is 53.3 cm³/mol. The number of halogens is 1. The Morgan fingerprint density at radius 3 is 2.77 bits per heavy atom. The summed E-state index contributed by atoms with van der Waals surface area (Å²) in [6.07, 6.45) is 0.894. The molecule has 0 bridgehead atoms. The Hall–Kier alpha value is 0.360. The molecule has 0 radical (unpaired) electrons. The zero-order valence-electron chi connectivity index (χ0n) is 7.92. The van der Waals surface area contributed by atoms with Crippen LogP contribution in [0.5, 0.6) is 0 Å². The lowest BCUT2D eigenvalue weighted by atomic mass is 10.1. The standard InChI is InChI=1S/C8H15ClO3S/c1-7(2)12-8(6-13(9)10)3-4-11-5-8/h7H,3-6H2,1-2H3. The van der Waals surface area contributed by atoms with Crippen LogP contribution in [0.15, 0.2) is 0 Å². The summed E-state index contributed by atoms with van der Waals surface area (Å²) in [4.78, 5) is 0. The van der Waals surface area contributed by atoms with Crippen molar-refractivity contribution in [3.05, 3.63) is 0 Å². The zero-order chi connectivity index (χ0) is 9.90. The Balaban J connectivity index is 2.57. The van der Waals surface area contributed by atoms with Crippen LogP contribution in [0.25, 0.3) is 0 Å². The summed E-state index contributed by atoms with van der Waals surface area (Å²) in [6.45, 7) is 5.08. The monoisotopic (exact) mass is 226 g/mol. The number of hydrogen-bond donors (Lipinski definition) is 0. The lowest BCUT2D eigenvalue weighted by Crippen LogP contribution is -2.40. The highest BCUT2D eigenvalue weighted by Crippen LogP contribution is 2.26. The van der Waals surface area contributed by atoms with Crippen molar-refractivity contribution in [1.82, 2.24) is 0 Å². The molecule has 0 N–H and O–H groups in total. The van der Waals surface area contributed by atoms with Crippen LogP contribution in [0, 0.1) is 0 Å². The van der Waals surface area contributed by atoms with Crippen molar-refractivity contribution < 1.29 is 13.7 Å². The molecule has 1 saturated heterocycles. The van der Waals surface area contributed by atoms with Gasteiger partial charge >= 0.3 is 0 Å². The smallest absolute Gasteiger partial charge is 0.117 e. The second-order valence-corrected chi connectivity index (χ2v) is 5.49. The van der Waals surface area contributed by atoms with Crippen molar-refractivity contribution in [3.63, 3.8) is 0 Å². The van der Waals surface area contributed by atoms with Gasteiger partial charge in [0.25, 0.3) is 0 Å². The maximum atomic E-state index is 10.9. The second kappa shape index (κ2) is 4.73. The minimum atomic E-state index is -1.34. The zero-order valence-corrected chi connectivity index (χ0v) is 9.49. The predicted octanol–water partition coefficient (Wildman–Crippen LogP) is 1.47. The van der Waals surface area contributed by atoms with E-state index in [4.69, 9.17) is 20.2 Å². The van der Waals surface area contributed by atoms with Gasteiger partial charge in [-0.3, -0.25) is 0 Å². The third kappa shape index (κ3) is 3.54. The van der Waals surface area contributed by atoms with Gasteiger partial charge in [-0.15, -0.1) is 0 Å². The molecule has 1 rings (SSSR count). The summed E-state index contributed by atoms with van der Waals surface area (Å²) in [5.41, 5.74) is -0.416. The van der Waals surface area contributed by atoms with E-state index in [1.807, 2.05) is 13.8 Å². The van der Waals surface area contributed by atoms with Crippen molar-refractivity contribution in [2.24, 2.45) is 0 Å². The Kier molecular flexibility index (Phi) is 4.16. The van der Waals surface area contributed by atoms with Crippen molar-refractivity contribution in [1.29, 1.82) is 0 Å². The molecule has 0 aliphatic carbocycles. The second-order valence-electron chi connectivity index (χ2n) is 3.59. The molecule has 1 aliphatic heterocycles. The molecule has 0 aromatic heterocycles. The highest BCUT2D eigenvalue weighted by atomic mass is 35.7. The van der Waals surface area contributed by atoms with Crippen LogP contribution < -0.4 is 0 Å². The lowest BCUT2D eigenvalue weighted by molar-refractivity contribution is -0.0664. The SMILES string of the molecule is CC(C)OC1(CS(=O)Cl)CCOC1. The molecule has 1 heterocycles. The summed E-state index contributed by atoms with van der Waals surface area (Å²) in [7, 11) is 4.12. The molecule has 5 heteroatoms. The minimum Gasteiger partial charge on any atom is -0.378 e. The van der Waals surface area contributed by atoms with Crippen LogP contribution >= 0.6 is 10.7 Å². The van der Waals surface area contributed by atoms with Crippen LogP contribution in [-0.4, -0.2) is 34.9 Å². The van der Waals surface area contributed by atoms with Crippen LogP contribution in [0.1, 0.15) is 20.3 Å². The van der Waals surface area contributed by atoms with Crippen molar-refractivity contribution in [2.45, 2.75) is 32.0 Å². The van der Waals surface area contributed by atoms with Crippen molar-refractivity contribution in [2.75, 3.05) is 19.0 Å². The maximum Gasteiger partial charge on any atom is 0.117 e. The Labute approximate surface area is 85.7 Å². The van der Waals surface area contributed by atoms with Gasteiger partial charge in [-0.05, 0) is 24.5 Å². The fraction of sp³-hybridized carbons (Fsp3) is 1.00. The fourth-order valence-electron chi connectivity index (χ4n) is 1.54. The molecule has 1 fully saturated rings. The van der Waals surface area contributed by atoms with Gasteiger partial charge in [-0.2, -0.15) is 0 Å². The van der Waals surface area contributed by atoms with E-state index in [9.17, 15) is 4.21 Å². The average molecular weight is 227 g/mol. The lowest BCUT2D eigenvalue weighted by Gasteiger charge is -2.28. The fourth-order valence-corrected chi connectivity index (χ4v) is 2.84. The topological polar surface area (TPSA) is 35.5 Å². The van der Waals surface area contributed by atoms with Gasteiger partial charge < -0.3 is 9.47 Å². The molecule has 1 aliphatic rings. The Bertz CT molecular complexity index is 190. The molecule has 13 heavy (non-hydrogen) atoms. The first kappa shape index (κ1) is 11.4. The van der Waals surface area contributed by atoms with Gasteiger partial charge in [0.15, 0.2) is 0 Å². The number of hydrogen-bond acceptors (Lipinski definition) is 3. The molecule has 0 amide bonds. The molecule has 2 atom stereocenters. The first-order valence-electron chi connectivity index (χ1n) is 4.34. The summed E-state index contributed by atoms with van der Waals surface area (Å²) in [5, 5.41) is 0. The van der Waals surface area contributed by atoms with Crippen molar-refractivity contribution in [3.8, 4) is 0 Å². The normalized spacial score (nSPS) is 31.1. The van der Waals surface area contributed by atoms with E-state index in [0.717, 1.165) is 6.42 Å². The molecule has 0 spiro atoms. The molecular formula is C8H15ClO3S. The van der Waals surface area contributed by atoms with Crippen molar-refractivity contribution >= 4 is 20.7 Å². The molecule has 0 aromatic rings. The number of ether oxygens (including phenoxy) is 2. The van der Waals surface area contributed by atoms with Crippen LogP contribution in [0.3, 0.4) is 0 Å². The summed E-state index contributed by atoms with van der Waals surface area (Å²) in [6, 6.07) is 0.